The van der Waals surface area contributed by atoms with Crippen molar-refractivity contribution >= 4 is 101 Å². The monoisotopic (exact) mass is 1430 g/mol. The molecule has 0 bridgehead atoms. The predicted octanol–water partition coefficient (Wildman–Crippen LogP) is 26.6. The third kappa shape index (κ3) is 11.0. The Kier molecular flexibility index (Phi) is 12.0. The molecule has 0 atom stereocenters. The molecule has 0 radical (unpaired) electrons. The van der Waals surface area contributed by atoms with Gasteiger partial charge in [0.2, 0.25) is 0 Å². The van der Waals surface area contributed by atoms with Crippen molar-refractivity contribution in [3.05, 3.63) is 406 Å². The van der Waals surface area contributed by atoms with Crippen LogP contribution < -0.4 is 26.2 Å². The van der Waals surface area contributed by atoms with Crippen LogP contribution in [0.25, 0.3) is 144 Å². The maximum atomic E-state index is 9.97. The van der Waals surface area contributed by atoms with Gasteiger partial charge in [0.05, 0.1) is 55.4 Å². The van der Waals surface area contributed by atoms with Crippen LogP contribution in [0.4, 0.5) is 34.1 Å². The first-order chi connectivity index (χ1) is 61.4. The maximum Gasteiger partial charge on any atom is 0.252 e. The standard InChI is InChI=1S/C106H75BN4/c1-106(2,3)82-66-101-103-102(67-82)111(105-86(75-42-20-9-21-43-75)49-31-51-88(105)81-64-78(72-36-14-6-15-37-72)61-79(65-81)73-38-16-7-17-39-73)100-69-84(109-97-54-28-24-46-91(97)92-47-25-29-55-98(92)109)57-59-94(100)107(103)93-58-56-83(108-95-52-26-22-44-89(95)90-45-23-27-53-96(90)108)68-99(93)110(101)104-85(74-40-18-8-19-41-74)48-30-50-87(104)80-62-76(70-32-10-4-11-33-70)60-77(63-80)71-34-12-5-13-35-71/h4-69H,1-3H3/i22D,23D,24D,25D,26D,27D,28D,29D,44D,45D,46D,47D,52D,53D,54D,55D. The third-order valence-corrected chi connectivity index (χ3v) is 22.1. The van der Waals surface area contributed by atoms with Crippen molar-refractivity contribution in [1.82, 2.24) is 9.13 Å². The highest BCUT2D eigenvalue weighted by molar-refractivity contribution is 7.00. The zero-order chi connectivity index (χ0) is 87.8. The van der Waals surface area contributed by atoms with E-state index in [1.807, 2.05) is 146 Å². The summed E-state index contributed by atoms with van der Waals surface area (Å²) < 4.78 is 156. The summed E-state index contributed by atoms with van der Waals surface area (Å²) in [6, 6.07) is 95.8. The number of rotatable bonds is 12. The molecule has 0 aliphatic carbocycles. The Balaban J connectivity index is 0.966. The smallest absolute Gasteiger partial charge is 0.252 e. The molecule has 2 aliphatic heterocycles. The van der Waals surface area contributed by atoms with Crippen LogP contribution in [0.2, 0.25) is 0 Å². The van der Waals surface area contributed by atoms with Gasteiger partial charge in [-0.3, -0.25) is 0 Å². The Morgan fingerprint density at radius 3 is 0.838 bits per heavy atom. The minimum absolute atomic E-state index is 0.0615. The minimum Gasteiger partial charge on any atom is -0.310 e. The lowest BCUT2D eigenvalue weighted by molar-refractivity contribution is 0.590. The molecule has 2 aromatic heterocycles. The van der Waals surface area contributed by atoms with Gasteiger partial charge in [-0.1, -0.05) is 324 Å². The molecule has 0 unspecified atom stereocenters. The Morgan fingerprint density at radius 1 is 0.252 bits per heavy atom. The normalized spacial score (nSPS) is 14.4. The Morgan fingerprint density at radius 2 is 0.532 bits per heavy atom. The number of benzene rings is 17. The average Bonchev–Trinajstić information content (AvgIpc) is 1.50. The van der Waals surface area contributed by atoms with Crippen molar-refractivity contribution in [3.63, 3.8) is 0 Å². The van der Waals surface area contributed by atoms with Gasteiger partial charge < -0.3 is 18.9 Å². The van der Waals surface area contributed by atoms with E-state index in [2.05, 4.69) is 188 Å². The molecule has 0 N–H and O–H groups in total. The fraction of sp³-hybridized carbons (Fsp3) is 0.0377. The Hall–Kier alpha value is -14.0. The molecule has 0 saturated carbocycles. The molecule has 0 saturated heterocycles. The van der Waals surface area contributed by atoms with E-state index in [9.17, 15) is 21.9 Å². The van der Waals surface area contributed by atoms with Gasteiger partial charge in [-0.05, 0) is 191 Å². The van der Waals surface area contributed by atoms with Crippen molar-refractivity contribution in [2.24, 2.45) is 0 Å². The number of hydrogen-bond acceptors (Lipinski definition) is 2. The van der Waals surface area contributed by atoms with Crippen LogP contribution in [0.3, 0.4) is 0 Å². The fourth-order valence-corrected chi connectivity index (χ4v) is 17.0. The van der Waals surface area contributed by atoms with Gasteiger partial charge in [0.15, 0.2) is 0 Å². The van der Waals surface area contributed by atoms with Crippen LogP contribution in [0.1, 0.15) is 48.3 Å². The fourth-order valence-electron chi connectivity index (χ4n) is 17.0. The highest BCUT2D eigenvalue weighted by Crippen LogP contribution is 2.55. The number of hydrogen-bond donors (Lipinski definition) is 0. The van der Waals surface area contributed by atoms with Crippen molar-refractivity contribution in [2.45, 2.75) is 26.2 Å². The maximum absolute atomic E-state index is 9.97. The van der Waals surface area contributed by atoms with Gasteiger partial charge in [-0.2, -0.15) is 0 Å². The molecule has 0 amide bonds. The van der Waals surface area contributed by atoms with Crippen LogP contribution in [0, 0.1) is 0 Å². The molecule has 0 fully saturated rings. The second kappa shape index (κ2) is 26.4. The molecule has 17 aromatic carbocycles. The molecule has 111 heavy (non-hydrogen) atoms. The summed E-state index contributed by atoms with van der Waals surface area (Å²) in [5.74, 6) is 0. The predicted molar refractivity (Wildman–Crippen MR) is 471 cm³/mol. The van der Waals surface area contributed by atoms with Crippen molar-refractivity contribution in [3.8, 4) is 100 Å². The van der Waals surface area contributed by atoms with E-state index >= 15 is 0 Å². The lowest BCUT2D eigenvalue weighted by Crippen LogP contribution is -2.61. The Labute approximate surface area is 670 Å². The summed E-state index contributed by atoms with van der Waals surface area (Å²) >= 11 is 0. The largest absolute Gasteiger partial charge is 0.310 e. The first-order valence-corrected chi connectivity index (χ1v) is 37.3. The first kappa shape index (κ1) is 50.5. The van der Waals surface area contributed by atoms with E-state index < -0.39 is 109 Å². The van der Waals surface area contributed by atoms with E-state index in [0.29, 0.717) is 22.7 Å². The number of para-hydroxylation sites is 6. The van der Waals surface area contributed by atoms with Crippen LogP contribution in [-0.4, -0.2) is 15.8 Å². The Bertz CT molecular complexity index is 7160. The second-order valence-corrected chi connectivity index (χ2v) is 29.5. The zero-order valence-electron chi connectivity index (χ0n) is 76.7. The molecule has 4 nitrogen and oxygen atoms in total. The summed E-state index contributed by atoms with van der Waals surface area (Å²) in [5, 5.41) is -0.328. The lowest BCUT2D eigenvalue weighted by Gasteiger charge is -2.46. The van der Waals surface area contributed by atoms with Gasteiger partial charge in [0.1, 0.15) is 0 Å². The van der Waals surface area contributed by atoms with E-state index in [4.69, 9.17) is 0 Å². The molecule has 4 heterocycles. The van der Waals surface area contributed by atoms with E-state index in [1.165, 1.54) is 0 Å². The van der Waals surface area contributed by atoms with Crippen LogP contribution in [0.15, 0.2) is 400 Å². The summed E-state index contributed by atoms with van der Waals surface area (Å²) in [6.45, 7) is 5.74. The topological polar surface area (TPSA) is 16.3 Å². The average molecular weight is 1430 g/mol. The molecule has 5 heteroatoms. The molecular weight excluding hydrogens is 1340 g/mol. The van der Waals surface area contributed by atoms with Crippen molar-refractivity contribution < 1.29 is 21.9 Å². The number of aromatic nitrogens is 2. The van der Waals surface area contributed by atoms with E-state index in [0.717, 1.165) is 134 Å². The summed E-state index contributed by atoms with van der Waals surface area (Å²) in [7, 11) is 0. The van der Waals surface area contributed by atoms with Crippen LogP contribution in [-0.2, 0) is 5.41 Å². The van der Waals surface area contributed by atoms with Gasteiger partial charge in [-0.25, -0.2) is 0 Å². The van der Waals surface area contributed by atoms with Gasteiger partial charge in [0.25, 0.3) is 6.71 Å². The van der Waals surface area contributed by atoms with Crippen molar-refractivity contribution in [2.75, 3.05) is 9.80 Å². The van der Waals surface area contributed by atoms with Crippen LogP contribution >= 0.6 is 0 Å². The van der Waals surface area contributed by atoms with Gasteiger partial charge >= 0.3 is 0 Å². The molecule has 2 aliphatic rings. The van der Waals surface area contributed by atoms with Crippen LogP contribution in [0.5, 0.6) is 0 Å². The van der Waals surface area contributed by atoms with Gasteiger partial charge in [0, 0.05) is 77.9 Å². The summed E-state index contributed by atoms with van der Waals surface area (Å²) in [4.78, 5) is 4.68. The molecule has 19 aromatic rings. The quantitative estimate of drug-likeness (QED) is 0.113. The number of fused-ring (bicyclic) bond motifs is 10. The SMILES string of the molecule is [2H]c1c([2H])c([2H])c2c(c1[2H])c1c([2H])c([2H])c([2H])c([2H])c1n2-c1ccc2c(c1)N(c1c(-c3ccccc3)cccc1-c1cc(-c3ccccc3)cc(-c3ccccc3)c1)c1cc(C(C)(C)C)cc3c1B2c1ccc(-n2c4c([2H])c([2H])c([2H])c([2H])c4c4c([2H])c([2H])c([2H])c([2H])c42)cc1N3c1c(-c2ccccc2)cccc1-c1cc(-c2ccccc2)cc(-c2ccccc2)c1. The number of anilines is 6. The second-order valence-electron chi connectivity index (χ2n) is 29.5. The number of nitrogens with zero attached hydrogens (tertiary/aromatic N) is 4. The summed E-state index contributed by atoms with van der Waals surface area (Å²) in [6.07, 6.45) is 0. The molecule has 0 spiro atoms. The molecule has 21 rings (SSSR count). The highest BCUT2D eigenvalue weighted by Gasteiger charge is 2.46. The van der Waals surface area contributed by atoms with Gasteiger partial charge in [-0.15, -0.1) is 0 Å². The van der Waals surface area contributed by atoms with Crippen molar-refractivity contribution in [1.29, 1.82) is 0 Å². The summed E-state index contributed by atoms with van der Waals surface area (Å²) in [5.41, 5.74) is 21.3. The highest BCUT2D eigenvalue weighted by atomic mass is 15.2. The van der Waals surface area contributed by atoms with E-state index in [1.54, 1.807) is 9.13 Å². The first-order valence-electron chi connectivity index (χ1n) is 45.3. The molecular formula is C106H75BN4. The molecule has 522 valence electrons. The van der Waals surface area contributed by atoms with E-state index in [-0.39, 0.29) is 43.6 Å². The lowest BCUT2D eigenvalue weighted by atomic mass is 9.33. The third-order valence-electron chi connectivity index (χ3n) is 22.1. The zero-order valence-corrected chi connectivity index (χ0v) is 60.7. The minimum atomic E-state index is -0.808.